The summed E-state index contributed by atoms with van der Waals surface area (Å²) in [5.74, 6) is 0.503. The van der Waals surface area contributed by atoms with Gasteiger partial charge < -0.3 is 15.1 Å². The fourth-order valence-electron chi connectivity index (χ4n) is 3.32. The number of nitrogens with zero attached hydrogens (tertiary/aromatic N) is 3. The second-order valence-electron chi connectivity index (χ2n) is 8.10. The second kappa shape index (κ2) is 9.50. The fourth-order valence-corrected chi connectivity index (χ4v) is 4.51. The Kier molecular flexibility index (Phi) is 7.03. The first-order valence-corrected chi connectivity index (χ1v) is 11.0. The number of nitrogens with one attached hydrogen (secondary N) is 1. The van der Waals surface area contributed by atoms with Crippen LogP contribution in [0.1, 0.15) is 50.1 Å². The zero-order valence-corrected chi connectivity index (χ0v) is 18.5. The Labute approximate surface area is 176 Å². The number of carbonyl (C=O) groups excluding carboxylic acids is 2. The number of thiazole rings is 1. The molecule has 156 valence electrons. The van der Waals surface area contributed by atoms with E-state index in [4.69, 9.17) is 0 Å². The molecule has 1 aromatic carbocycles. The molecule has 0 radical (unpaired) electrons. The first-order chi connectivity index (χ1) is 13.8. The average Bonchev–Trinajstić information content (AvgIpc) is 3.06. The number of aryl methyl sites for hydroxylation is 1. The summed E-state index contributed by atoms with van der Waals surface area (Å²) in [6.07, 6.45) is 0.890. The number of piperazine rings is 1. The van der Waals surface area contributed by atoms with Gasteiger partial charge in [-0.3, -0.25) is 9.59 Å². The highest BCUT2D eigenvalue weighted by molar-refractivity contribution is 7.13. The molecule has 3 rings (SSSR count). The first-order valence-electron chi connectivity index (χ1n) is 10.1. The number of likely N-dealkylation sites (N-methyl/N-ethyl adjacent to an activating group) is 1. The highest BCUT2D eigenvalue weighted by Crippen LogP contribution is 2.21. The smallest absolute Gasteiger partial charge is 0.263 e. The van der Waals surface area contributed by atoms with E-state index in [0.29, 0.717) is 22.9 Å². The molecular formula is C22H30N4O2S. The molecule has 0 unspecified atom stereocenters. The van der Waals surface area contributed by atoms with Crippen LogP contribution < -0.4 is 5.32 Å². The van der Waals surface area contributed by atoms with Gasteiger partial charge in [-0.2, -0.15) is 0 Å². The van der Waals surface area contributed by atoms with Gasteiger partial charge in [0.05, 0.1) is 10.7 Å². The molecule has 29 heavy (non-hydrogen) atoms. The summed E-state index contributed by atoms with van der Waals surface area (Å²) in [6, 6.07) is 7.52. The zero-order chi connectivity index (χ0) is 21.0. The quantitative estimate of drug-likeness (QED) is 0.789. The first kappa shape index (κ1) is 21.5. The lowest BCUT2D eigenvalue weighted by Gasteiger charge is -2.32. The highest BCUT2D eigenvalue weighted by atomic mass is 32.1. The SMILES string of the molecule is Cc1nc(CC(C)C)sc1C(=O)NCc1ccc(C(=O)N2CCN(C)CC2)cc1. The molecule has 1 fully saturated rings. The van der Waals surface area contributed by atoms with Gasteiger partial charge in [-0.1, -0.05) is 26.0 Å². The van der Waals surface area contributed by atoms with Crippen LogP contribution >= 0.6 is 11.3 Å². The third kappa shape index (κ3) is 5.64. The number of carbonyl (C=O) groups is 2. The van der Waals surface area contributed by atoms with Crippen molar-refractivity contribution >= 4 is 23.2 Å². The standard InChI is InChI=1S/C22H30N4O2S/c1-15(2)13-19-24-16(3)20(29-19)21(27)23-14-17-5-7-18(8-6-17)22(28)26-11-9-25(4)10-12-26/h5-8,15H,9-14H2,1-4H3,(H,23,27). The van der Waals surface area contributed by atoms with Crippen LogP contribution in [0.25, 0.3) is 0 Å². The normalized spacial score (nSPS) is 15.0. The minimum atomic E-state index is -0.0902. The predicted molar refractivity (Wildman–Crippen MR) is 116 cm³/mol. The van der Waals surface area contributed by atoms with Crippen LogP contribution in [0.5, 0.6) is 0 Å². The van der Waals surface area contributed by atoms with E-state index in [1.165, 1.54) is 11.3 Å². The van der Waals surface area contributed by atoms with Crippen LogP contribution in [-0.2, 0) is 13.0 Å². The van der Waals surface area contributed by atoms with E-state index in [-0.39, 0.29) is 11.8 Å². The Morgan fingerprint density at radius 3 is 2.41 bits per heavy atom. The molecule has 0 saturated carbocycles. The molecule has 2 aromatic rings. The van der Waals surface area contributed by atoms with Crippen molar-refractivity contribution in [1.29, 1.82) is 0 Å². The molecular weight excluding hydrogens is 384 g/mol. The van der Waals surface area contributed by atoms with E-state index in [1.54, 1.807) is 0 Å². The Balaban J connectivity index is 1.55. The maximum atomic E-state index is 12.6. The van der Waals surface area contributed by atoms with Gasteiger partial charge in [-0.15, -0.1) is 11.3 Å². The van der Waals surface area contributed by atoms with Crippen molar-refractivity contribution in [3.05, 3.63) is 51.0 Å². The lowest BCUT2D eigenvalue weighted by atomic mass is 10.1. The van der Waals surface area contributed by atoms with Gasteiger partial charge in [0.1, 0.15) is 4.88 Å². The molecule has 1 aromatic heterocycles. The van der Waals surface area contributed by atoms with Gasteiger partial charge in [0.25, 0.3) is 11.8 Å². The van der Waals surface area contributed by atoms with Crippen molar-refractivity contribution < 1.29 is 9.59 Å². The molecule has 1 aliphatic rings. The van der Waals surface area contributed by atoms with Gasteiger partial charge in [-0.05, 0) is 37.6 Å². The van der Waals surface area contributed by atoms with Gasteiger partial charge in [0, 0.05) is 44.7 Å². The topological polar surface area (TPSA) is 65.5 Å². The molecule has 2 amide bonds. The van der Waals surface area contributed by atoms with Crippen LogP contribution in [0.4, 0.5) is 0 Å². The summed E-state index contributed by atoms with van der Waals surface area (Å²) in [6.45, 7) is 9.95. The molecule has 2 heterocycles. The zero-order valence-electron chi connectivity index (χ0n) is 17.7. The summed E-state index contributed by atoms with van der Waals surface area (Å²) >= 11 is 1.48. The predicted octanol–water partition coefficient (Wildman–Crippen LogP) is 2.97. The highest BCUT2D eigenvalue weighted by Gasteiger charge is 2.20. The van der Waals surface area contributed by atoms with Gasteiger partial charge in [0.15, 0.2) is 0 Å². The van der Waals surface area contributed by atoms with E-state index in [2.05, 4.69) is 36.1 Å². The van der Waals surface area contributed by atoms with Crippen LogP contribution in [0, 0.1) is 12.8 Å². The largest absolute Gasteiger partial charge is 0.347 e. The van der Waals surface area contributed by atoms with Crippen molar-refractivity contribution in [1.82, 2.24) is 20.1 Å². The Hall–Kier alpha value is -2.25. The van der Waals surface area contributed by atoms with Crippen molar-refractivity contribution in [3.8, 4) is 0 Å². The summed E-state index contributed by atoms with van der Waals surface area (Å²) in [5, 5.41) is 3.98. The number of hydrogen-bond acceptors (Lipinski definition) is 5. The van der Waals surface area contributed by atoms with E-state index < -0.39 is 0 Å². The number of aromatic nitrogens is 1. The molecule has 0 bridgehead atoms. The Morgan fingerprint density at radius 2 is 1.79 bits per heavy atom. The molecule has 1 aliphatic heterocycles. The fraction of sp³-hybridized carbons (Fsp3) is 0.500. The molecule has 7 heteroatoms. The number of rotatable bonds is 6. The number of hydrogen-bond donors (Lipinski definition) is 1. The van der Waals surface area contributed by atoms with Crippen molar-refractivity contribution in [2.24, 2.45) is 5.92 Å². The van der Waals surface area contributed by atoms with Gasteiger partial charge in [0.2, 0.25) is 0 Å². The maximum absolute atomic E-state index is 12.6. The van der Waals surface area contributed by atoms with Crippen LogP contribution in [0.3, 0.4) is 0 Å². The van der Waals surface area contributed by atoms with Crippen LogP contribution in [0.2, 0.25) is 0 Å². The monoisotopic (exact) mass is 414 g/mol. The molecule has 1 N–H and O–H groups in total. The van der Waals surface area contributed by atoms with Crippen molar-refractivity contribution in [2.75, 3.05) is 33.2 Å². The Bertz CT molecular complexity index is 852. The molecule has 0 spiro atoms. The van der Waals surface area contributed by atoms with Crippen LogP contribution in [0.15, 0.2) is 24.3 Å². The molecule has 1 saturated heterocycles. The summed E-state index contributed by atoms with van der Waals surface area (Å²) < 4.78 is 0. The van der Waals surface area contributed by atoms with E-state index in [0.717, 1.165) is 48.9 Å². The van der Waals surface area contributed by atoms with E-state index in [9.17, 15) is 9.59 Å². The second-order valence-corrected chi connectivity index (χ2v) is 9.18. The van der Waals surface area contributed by atoms with E-state index >= 15 is 0 Å². The van der Waals surface area contributed by atoms with E-state index in [1.807, 2.05) is 36.1 Å². The number of benzene rings is 1. The summed E-state index contributed by atoms with van der Waals surface area (Å²) in [4.78, 5) is 34.5. The maximum Gasteiger partial charge on any atom is 0.263 e. The lowest BCUT2D eigenvalue weighted by molar-refractivity contribution is 0.0664. The van der Waals surface area contributed by atoms with Gasteiger partial charge >= 0.3 is 0 Å². The van der Waals surface area contributed by atoms with Crippen molar-refractivity contribution in [2.45, 2.75) is 33.7 Å². The summed E-state index contributed by atoms with van der Waals surface area (Å²) in [5.41, 5.74) is 2.45. The number of amides is 2. The third-order valence-corrected chi connectivity index (χ3v) is 6.25. The minimum absolute atomic E-state index is 0.0756. The molecule has 6 nitrogen and oxygen atoms in total. The molecule has 0 atom stereocenters. The van der Waals surface area contributed by atoms with Crippen LogP contribution in [-0.4, -0.2) is 59.8 Å². The van der Waals surface area contributed by atoms with Crippen molar-refractivity contribution in [3.63, 3.8) is 0 Å². The van der Waals surface area contributed by atoms with Gasteiger partial charge in [-0.25, -0.2) is 4.98 Å². The third-order valence-electron chi connectivity index (χ3n) is 5.07. The summed E-state index contributed by atoms with van der Waals surface area (Å²) in [7, 11) is 2.07. The minimum Gasteiger partial charge on any atom is -0.347 e. The average molecular weight is 415 g/mol. The molecule has 0 aliphatic carbocycles. The Morgan fingerprint density at radius 1 is 1.14 bits per heavy atom. The lowest BCUT2D eigenvalue weighted by Crippen LogP contribution is -2.47.